The van der Waals surface area contributed by atoms with Crippen LogP contribution in [0, 0.1) is 0 Å². The summed E-state index contributed by atoms with van der Waals surface area (Å²) in [5.41, 5.74) is 0.884. The molecule has 0 fully saturated rings. The molecule has 1 aromatic rings. The fourth-order valence-corrected chi connectivity index (χ4v) is 3.20. The summed E-state index contributed by atoms with van der Waals surface area (Å²) in [6.07, 6.45) is 1.57. The van der Waals surface area contributed by atoms with Crippen molar-refractivity contribution >= 4 is 19.0 Å². The molecule has 0 saturated heterocycles. The van der Waals surface area contributed by atoms with Crippen LogP contribution in [0.5, 0.6) is 0 Å². The molecule has 0 bridgehead atoms. The van der Waals surface area contributed by atoms with Gasteiger partial charge in [-0.05, 0) is 18.1 Å². The van der Waals surface area contributed by atoms with Crippen molar-refractivity contribution in [1.82, 2.24) is 0 Å². The fraction of sp³-hybridized carbons (Fsp3) is 0.364. The SMILES string of the molecule is CCc1ccccc1P(=O)(O)CCC=O. The second kappa shape index (κ2) is 5.24. The van der Waals surface area contributed by atoms with Crippen molar-refractivity contribution in [2.75, 3.05) is 6.16 Å². The van der Waals surface area contributed by atoms with Crippen LogP contribution in [0.2, 0.25) is 0 Å². The lowest BCUT2D eigenvalue weighted by atomic mass is 10.2. The van der Waals surface area contributed by atoms with Crippen molar-refractivity contribution in [1.29, 1.82) is 0 Å². The number of rotatable bonds is 5. The normalized spacial score (nSPS) is 14.5. The number of hydrogen-bond acceptors (Lipinski definition) is 2. The molecule has 1 aromatic carbocycles. The van der Waals surface area contributed by atoms with E-state index in [2.05, 4.69) is 0 Å². The van der Waals surface area contributed by atoms with Crippen LogP contribution in [0.25, 0.3) is 0 Å². The van der Waals surface area contributed by atoms with Crippen LogP contribution >= 0.6 is 7.37 Å². The Labute approximate surface area is 89.6 Å². The fourth-order valence-electron chi connectivity index (χ4n) is 1.50. The maximum atomic E-state index is 12.0. The number of carbonyl (C=O) groups excluding carboxylic acids is 1. The zero-order chi connectivity index (χ0) is 11.3. The molecular weight excluding hydrogens is 211 g/mol. The van der Waals surface area contributed by atoms with Gasteiger partial charge in [0.2, 0.25) is 7.37 Å². The molecule has 0 amide bonds. The summed E-state index contributed by atoms with van der Waals surface area (Å²) < 4.78 is 12.0. The van der Waals surface area contributed by atoms with Gasteiger partial charge < -0.3 is 9.69 Å². The molecule has 1 N–H and O–H groups in total. The van der Waals surface area contributed by atoms with Gasteiger partial charge in [0.15, 0.2) is 0 Å². The highest BCUT2D eigenvalue weighted by Crippen LogP contribution is 2.40. The summed E-state index contributed by atoms with van der Waals surface area (Å²) in [5.74, 6) is 0. The monoisotopic (exact) mass is 226 g/mol. The minimum absolute atomic E-state index is 0.0352. The average Bonchev–Trinajstić information content (AvgIpc) is 2.26. The molecule has 0 spiro atoms. The first-order chi connectivity index (χ1) is 7.11. The Morgan fingerprint density at radius 1 is 1.40 bits per heavy atom. The van der Waals surface area contributed by atoms with Gasteiger partial charge in [0.25, 0.3) is 0 Å². The van der Waals surface area contributed by atoms with Gasteiger partial charge >= 0.3 is 0 Å². The molecule has 0 saturated carbocycles. The largest absolute Gasteiger partial charge is 0.341 e. The minimum Gasteiger partial charge on any atom is -0.341 e. The molecule has 1 atom stereocenters. The smallest absolute Gasteiger partial charge is 0.230 e. The van der Waals surface area contributed by atoms with Gasteiger partial charge in [0.1, 0.15) is 6.29 Å². The standard InChI is InChI=1S/C11H15O3P/c1-2-10-6-3-4-7-11(10)15(13,14)9-5-8-12/h3-4,6-8H,2,5,9H2,1H3,(H,13,14). The van der Waals surface area contributed by atoms with Gasteiger partial charge in [-0.15, -0.1) is 0 Å². The predicted molar refractivity (Wildman–Crippen MR) is 60.8 cm³/mol. The van der Waals surface area contributed by atoms with E-state index in [9.17, 15) is 14.3 Å². The predicted octanol–water partition coefficient (Wildman–Crippen LogP) is 1.73. The minimum atomic E-state index is -3.35. The molecular formula is C11H15O3P. The van der Waals surface area contributed by atoms with Crippen LogP contribution in [0.1, 0.15) is 18.9 Å². The van der Waals surface area contributed by atoms with E-state index in [0.717, 1.165) is 12.0 Å². The molecule has 1 rings (SSSR count). The van der Waals surface area contributed by atoms with Crippen molar-refractivity contribution in [3.63, 3.8) is 0 Å². The van der Waals surface area contributed by atoms with Crippen molar-refractivity contribution in [2.45, 2.75) is 19.8 Å². The first-order valence-electron chi connectivity index (χ1n) is 4.95. The molecule has 0 aliphatic carbocycles. The first-order valence-corrected chi connectivity index (χ1v) is 6.80. The van der Waals surface area contributed by atoms with E-state index in [0.29, 0.717) is 11.6 Å². The summed E-state index contributed by atoms with van der Waals surface area (Å²) in [6.45, 7) is 1.94. The highest BCUT2D eigenvalue weighted by atomic mass is 31.2. The van der Waals surface area contributed by atoms with Gasteiger partial charge in [0, 0.05) is 17.9 Å². The quantitative estimate of drug-likeness (QED) is 0.614. The van der Waals surface area contributed by atoms with E-state index < -0.39 is 7.37 Å². The van der Waals surface area contributed by atoms with Crippen LogP contribution in [-0.2, 0) is 15.8 Å². The molecule has 4 heteroatoms. The Hall–Kier alpha value is -0.920. The van der Waals surface area contributed by atoms with E-state index in [1.165, 1.54) is 0 Å². The Balaban J connectivity index is 3.02. The molecule has 0 aliphatic rings. The summed E-state index contributed by atoms with van der Waals surface area (Å²) in [7, 11) is -3.35. The molecule has 15 heavy (non-hydrogen) atoms. The summed E-state index contributed by atoms with van der Waals surface area (Å²) >= 11 is 0. The van der Waals surface area contributed by atoms with Crippen LogP contribution < -0.4 is 5.30 Å². The lowest BCUT2D eigenvalue weighted by molar-refractivity contribution is -0.107. The Kier molecular flexibility index (Phi) is 4.25. The molecule has 1 unspecified atom stereocenters. The van der Waals surface area contributed by atoms with Crippen LogP contribution in [-0.4, -0.2) is 17.3 Å². The Bertz CT molecular complexity index is 387. The number of hydrogen-bond donors (Lipinski definition) is 1. The number of aldehydes is 1. The van der Waals surface area contributed by atoms with Crippen molar-refractivity contribution in [2.24, 2.45) is 0 Å². The molecule has 3 nitrogen and oxygen atoms in total. The second-order valence-electron chi connectivity index (χ2n) is 3.36. The molecule has 0 heterocycles. The third-order valence-corrected chi connectivity index (χ3v) is 4.35. The van der Waals surface area contributed by atoms with E-state index in [1.807, 2.05) is 19.1 Å². The van der Waals surface area contributed by atoms with Crippen molar-refractivity contribution < 1.29 is 14.3 Å². The summed E-state index contributed by atoms with van der Waals surface area (Å²) in [4.78, 5) is 20.0. The number of aryl methyl sites for hydroxylation is 1. The molecule has 0 aromatic heterocycles. The van der Waals surface area contributed by atoms with E-state index in [-0.39, 0.29) is 12.6 Å². The van der Waals surface area contributed by atoms with Gasteiger partial charge in [-0.2, -0.15) is 0 Å². The van der Waals surface area contributed by atoms with E-state index in [4.69, 9.17) is 0 Å². The Morgan fingerprint density at radius 3 is 2.67 bits per heavy atom. The topological polar surface area (TPSA) is 54.4 Å². The highest BCUT2D eigenvalue weighted by Gasteiger charge is 2.22. The molecule has 82 valence electrons. The average molecular weight is 226 g/mol. The van der Waals surface area contributed by atoms with E-state index in [1.54, 1.807) is 12.1 Å². The third kappa shape index (κ3) is 3.01. The van der Waals surface area contributed by atoms with Gasteiger partial charge in [-0.3, -0.25) is 4.57 Å². The summed E-state index contributed by atoms with van der Waals surface area (Å²) in [6, 6.07) is 7.11. The number of benzene rings is 1. The van der Waals surface area contributed by atoms with E-state index >= 15 is 0 Å². The maximum Gasteiger partial charge on any atom is 0.230 e. The zero-order valence-corrected chi connectivity index (χ0v) is 9.61. The highest BCUT2D eigenvalue weighted by molar-refractivity contribution is 7.66. The van der Waals surface area contributed by atoms with Crippen molar-refractivity contribution in [3.05, 3.63) is 29.8 Å². The molecule has 0 aliphatic heterocycles. The zero-order valence-electron chi connectivity index (χ0n) is 8.72. The lowest BCUT2D eigenvalue weighted by Crippen LogP contribution is -2.12. The van der Waals surface area contributed by atoms with Crippen molar-refractivity contribution in [3.8, 4) is 0 Å². The van der Waals surface area contributed by atoms with Gasteiger partial charge in [-0.1, -0.05) is 25.1 Å². The lowest BCUT2D eigenvalue weighted by Gasteiger charge is -2.13. The Morgan fingerprint density at radius 2 is 2.07 bits per heavy atom. The van der Waals surface area contributed by atoms with Gasteiger partial charge in [0.05, 0.1) is 0 Å². The molecule has 0 radical (unpaired) electrons. The maximum absolute atomic E-state index is 12.0. The van der Waals surface area contributed by atoms with Gasteiger partial charge in [-0.25, -0.2) is 0 Å². The first kappa shape index (κ1) is 12.2. The van der Waals surface area contributed by atoms with Crippen LogP contribution in [0.3, 0.4) is 0 Å². The van der Waals surface area contributed by atoms with Crippen LogP contribution in [0.15, 0.2) is 24.3 Å². The third-order valence-electron chi connectivity index (χ3n) is 2.30. The van der Waals surface area contributed by atoms with Crippen LogP contribution in [0.4, 0.5) is 0 Å². The summed E-state index contributed by atoms with van der Waals surface area (Å²) in [5, 5.41) is 0.495. The number of carbonyl (C=O) groups is 1. The second-order valence-corrected chi connectivity index (χ2v) is 5.69.